The van der Waals surface area contributed by atoms with Gasteiger partial charge in [-0.2, -0.15) is 4.68 Å². The van der Waals surface area contributed by atoms with Crippen LogP contribution in [0.15, 0.2) is 77.4 Å². The Morgan fingerprint density at radius 2 is 1.88 bits per heavy atom. The van der Waals surface area contributed by atoms with Gasteiger partial charge in [0.1, 0.15) is 17.2 Å². The average molecular weight is 441 g/mol. The summed E-state index contributed by atoms with van der Waals surface area (Å²) in [5.41, 5.74) is 0.707. The molecule has 0 spiro atoms. The number of nitrogens with zero attached hydrogens (tertiary/aromatic N) is 4. The minimum absolute atomic E-state index is 0.0223. The number of ether oxygens (including phenoxy) is 1. The van der Waals surface area contributed by atoms with Crippen LogP contribution in [0.3, 0.4) is 0 Å². The van der Waals surface area contributed by atoms with Crippen LogP contribution in [0.25, 0.3) is 23.2 Å². The highest BCUT2D eigenvalue weighted by molar-refractivity contribution is 6.24. The van der Waals surface area contributed by atoms with Gasteiger partial charge in [0.2, 0.25) is 0 Å². The molecule has 0 radical (unpaired) electrons. The number of rotatable bonds is 6. The molecule has 8 nitrogen and oxygen atoms in total. The van der Waals surface area contributed by atoms with E-state index in [2.05, 4.69) is 25.6 Å². The Hall–Kier alpha value is -4.41. The van der Waals surface area contributed by atoms with Crippen molar-refractivity contribution < 1.29 is 27.1 Å². The molecule has 0 bridgehead atoms. The number of benzene rings is 2. The Morgan fingerprint density at radius 1 is 1.06 bits per heavy atom. The maximum absolute atomic E-state index is 13.1. The van der Waals surface area contributed by atoms with Crippen LogP contribution >= 0.6 is 0 Å². The fourth-order valence-electron chi connectivity index (χ4n) is 2.81. The molecule has 0 saturated carbocycles. The summed E-state index contributed by atoms with van der Waals surface area (Å²) in [6.07, 6.45) is -2.02. The van der Waals surface area contributed by atoms with Crippen LogP contribution in [0.2, 0.25) is 0 Å². The lowest BCUT2D eigenvalue weighted by molar-refractivity contribution is -0.274. The quantitative estimate of drug-likeness (QED) is 0.444. The molecule has 2 heterocycles. The zero-order chi connectivity index (χ0) is 22.6. The van der Waals surface area contributed by atoms with E-state index in [1.807, 2.05) is 6.07 Å². The monoisotopic (exact) mass is 441 g/mol. The molecule has 0 aliphatic heterocycles. The number of tetrazole rings is 1. The molecule has 32 heavy (non-hydrogen) atoms. The van der Waals surface area contributed by atoms with Crippen molar-refractivity contribution in [3.05, 3.63) is 78.8 Å². The lowest BCUT2D eigenvalue weighted by Crippen LogP contribution is -2.20. The zero-order valence-corrected chi connectivity index (χ0v) is 16.2. The minimum atomic E-state index is -4.86. The Bertz CT molecular complexity index is 1240. The van der Waals surface area contributed by atoms with Crippen molar-refractivity contribution in [1.29, 1.82) is 0 Å². The zero-order valence-electron chi connectivity index (χ0n) is 16.2. The Labute approximate surface area is 178 Å². The molecule has 0 aliphatic carbocycles. The number of aromatic nitrogens is 4. The predicted octanol–water partition coefficient (Wildman–Crippen LogP) is 4.47. The first-order chi connectivity index (χ1) is 15.4. The Morgan fingerprint density at radius 3 is 2.59 bits per heavy atom. The van der Waals surface area contributed by atoms with Crippen molar-refractivity contribution in [3.8, 4) is 17.1 Å². The van der Waals surface area contributed by atoms with Gasteiger partial charge in [-0.25, -0.2) is 0 Å². The van der Waals surface area contributed by atoms with Crippen LogP contribution in [-0.4, -0.2) is 32.5 Å². The maximum Gasteiger partial charge on any atom is 0.573 e. The number of alkyl halides is 3. The fraction of sp³-hybridized carbons (Fsp3) is 0.0476. The highest BCUT2D eigenvalue weighted by atomic mass is 19.4. The summed E-state index contributed by atoms with van der Waals surface area (Å²) in [5.74, 6) is -0.527. The lowest BCUT2D eigenvalue weighted by atomic mass is 10.2. The molecule has 2 aromatic carbocycles. The summed E-state index contributed by atoms with van der Waals surface area (Å²) in [6, 6.07) is 17.1. The summed E-state index contributed by atoms with van der Waals surface area (Å²) < 4.78 is 47.9. The molecule has 0 unspecified atom stereocenters. The Kier molecular flexibility index (Phi) is 5.71. The highest BCUT2D eigenvalue weighted by Crippen LogP contribution is 2.26. The second-order valence-corrected chi connectivity index (χ2v) is 6.36. The number of hydrogen-bond acceptors (Lipinski definition) is 6. The number of anilines is 1. The molecule has 0 fully saturated rings. The topological polar surface area (TPSA) is 95.1 Å². The van der Waals surface area contributed by atoms with E-state index in [0.29, 0.717) is 11.3 Å². The third-order valence-corrected chi connectivity index (χ3v) is 4.11. The van der Waals surface area contributed by atoms with Gasteiger partial charge in [0.15, 0.2) is 5.82 Å². The van der Waals surface area contributed by atoms with E-state index in [9.17, 15) is 18.0 Å². The van der Waals surface area contributed by atoms with Gasteiger partial charge in [-0.1, -0.05) is 36.4 Å². The minimum Gasteiger partial charge on any atom is -0.465 e. The van der Waals surface area contributed by atoms with Gasteiger partial charge in [0.05, 0.1) is 6.26 Å². The van der Waals surface area contributed by atoms with Gasteiger partial charge in [-0.15, -0.1) is 18.3 Å². The second kappa shape index (κ2) is 8.76. The lowest BCUT2D eigenvalue weighted by Gasteiger charge is -2.12. The van der Waals surface area contributed by atoms with Gasteiger partial charge in [-0.3, -0.25) is 4.79 Å². The van der Waals surface area contributed by atoms with E-state index in [1.54, 1.807) is 36.4 Å². The molecular formula is C21H14F3N5O3. The number of amides is 1. The maximum atomic E-state index is 13.1. The third-order valence-electron chi connectivity index (χ3n) is 4.11. The van der Waals surface area contributed by atoms with E-state index in [0.717, 1.165) is 12.1 Å². The molecule has 0 aliphatic rings. The Balaban J connectivity index is 1.69. The van der Waals surface area contributed by atoms with Crippen molar-refractivity contribution in [1.82, 2.24) is 20.2 Å². The van der Waals surface area contributed by atoms with E-state index in [4.69, 9.17) is 4.42 Å². The smallest absolute Gasteiger partial charge is 0.465 e. The number of carbonyl (C=O) groups is 1. The number of halogens is 3. The van der Waals surface area contributed by atoms with Crippen molar-refractivity contribution in [2.45, 2.75) is 6.36 Å². The average Bonchev–Trinajstić information content (AvgIpc) is 3.43. The molecule has 4 aromatic rings. The number of furan rings is 1. The first kappa shape index (κ1) is 20.8. The van der Waals surface area contributed by atoms with Gasteiger partial charge in [-0.05, 0) is 34.7 Å². The van der Waals surface area contributed by atoms with Crippen molar-refractivity contribution in [3.63, 3.8) is 0 Å². The first-order valence-corrected chi connectivity index (χ1v) is 9.15. The summed E-state index contributed by atoms with van der Waals surface area (Å²) in [6.45, 7) is 0. The van der Waals surface area contributed by atoms with Gasteiger partial charge in [0, 0.05) is 23.4 Å². The van der Waals surface area contributed by atoms with E-state index in [1.165, 1.54) is 29.2 Å². The molecule has 0 atom stereocenters. The number of hydrogen-bond donors (Lipinski definition) is 1. The van der Waals surface area contributed by atoms with Crippen molar-refractivity contribution >= 4 is 23.4 Å². The van der Waals surface area contributed by atoms with Crippen LogP contribution < -0.4 is 10.1 Å². The van der Waals surface area contributed by atoms with Gasteiger partial charge in [0.25, 0.3) is 5.91 Å². The molecule has 11 heteroatoms. The van der Waals surface area contributed by atoms with Crippen LogP contribution in [-0.2, 0) is 4.79 Å². The van der Waals surface area contributed by atoms with Crippen LogP contribution in [0.5, 0.6) is 5.75 Å². The highest BCUT2D eigenvalue weighted by Gasteiger charge is 2.31. The summed E-state index contributed by atoms with van der Waals surface area (Å²) in [5, 5.41) is 14.1. The van der Waals surface area contributed by atoms with E-state index in [-0.39, 0.29) is 17.2 Å². The van der Waals surface area contributed by atoms with Crippen LogP contribution in [0, 0.1) is 0 Å². The SMILES string of the molecule is O=C(Nc1cccc(OC(F)(F)F)c1)/C(=C\c1ccco1)n1nnnc1-c1ccccc1. The molecule has 1 amide bonds. The number of carbonyl (C=O) groups excluding carboxylic acids is 1. The molecule has 4 rings (SSSR count). The summed E-state index contributed by atoms with van der Waals surface area (Å²) >= 11 is 0. The van der Waals surface area contributed by atoms with Crippen molar-refractivity contribution in [2.75, 3.05) is 5.32 Å². The van der Waals surface area contributed by atoms with Gasteiger partial charge < -0.3 is 14.5 Å². The van der Waals surface area contributed by atoms with Crippen LogP contribution in [0.1, 0.15) is 5.76 Å². The normalized spacial score (nSPS) is 11.9. The van der Waals surface area contributed by atoms with Crippen LogP contribution in [0.4, 0.5) is 18.9 Å². The van der Waals surface area contributed by atoms with E-state index < -0.39 is 18.0 Å². The largest absolute Gasteiger partial charge is 0.573 e. The van der Waals surface area contributed by atoms with E-state index >= 15 is 0 Å². The molecule has 0 saturated heterocycles. The summed E-state index contributed by atoms with van der Waals surface area (Å²) in [7, 11) is 0. The molecule has 1 N–H and O–H groups in total. The standard InChI is InChI=1S/C21H14F3N5O3/c22-21(23,24)32-17-9-4-8-15(12-17)25-20(30)18(13-16-10-5-11-31-16)29-19(26-27-28-29)14-6-2-1-3-7-14/h1-13H,(H,25,30)/b18-13+. The number of nitrogens with one attached hydrogen (secondary N) is 1. The predicted molar refractivity (Wildman–Crippen MR) is 108 cm³/mol. The first-order valence-electron chi connectivity index (χ1n) is 9.15. The van der Waals surface area contributed by atoms with Crippen molar-refractivity contribution in [2.24, 2.45) is 0 Å². The third kappa shape index (κ3) is 5.01. The second-order valence-electron chi connectivity index (χ2n) is 6.36. The fourth-order valence-corrected chi connectivity index (χ4v) is 2.81. The molecular weight excluding hydrogens is 427 g/mol. The molecule has 2 aromatic heterocycles. The van der Waals surface area contributed by atoms with Gasteiger partial charge >= 0.3 is 6.36 Å². The summed E-state index contributed by atoms with van der Waals surface area (Å²) in [4.78, 5) is 13.1. The molecule has 162 valence electrons.